The Morgan fingerprint density at radius 1 is 1.09 bits per heavy atom. The quantitative estimate of drug-likeness (QED) is 0.233. The van der Waals surface area contributed by atoms with E-state index < -0.39 is 36.1 Å². The van der Waals surface area contributed by atoms with Crippen LogP contribution in [0.5, 0.6) is 5.88 Å². The number of carboxylic acid groups (broad SMARTS) is 2. The van der Waals surface area contributed by atoms with Gasteiger partial charge in [0.15, 0.2) is 0 Å². The van der Waals surface area contributed by atoms with E-state index in [1.807, 2.05) is 18.2 Å². The summed E-state index contributed by atoms with van der Waals surface area (Å²) in [5.74, 6) is 1.22. The minimum Gasteiger partial charge on any atom is -0.475 e. The molecule has 45 heavy (non-hydrogen) atoms. The summed E-state index contributed by atoms with van der Waals surface area (Å²) in [6.45, 7) is 0.912. The van der Waals surface area contributed by atoms with Crippen LogP contribution in [0, 0.1) is 11.8 Å². The second-order valence-corrected chi connectivity index (χ2v) is 9.41. The van der Waals surface area contributed by atoms with Gasteiger partial charge in [0.25, 0.3) is 6.08 Å². The molecule has 4 heterocycles. The van der Waals surface area contributed by atoms with Gasteiger partial charge in [0.2, 0.25) is 5.88 Å². The third kappa shape index (κ3) is 11.6. The van der Waals surface area contributed by atoms with Crippen LogP contribution >= 0.6 is 11.3 Å². The summed E-state index contributed by atoms with van der Waals surface area (Å²) >= 11 is 1.44. The number of nitrogens with one attached hydrogen (secondary N) is 1. The van der Waals surface area contributed by atoms with E-state index in [2.05, 4.69) is 27.2 Å². The Morgan fingerprint density at radius 2 is 1.71 bits per heavy atom. The molecule has 0 unspecified atom stereocenters. The summed E-state index contributed by atoms with van der Waals surface area (Å²) in [5, 5.41) is 21.4. The Labute approximate surface area is 250 Å². The van der Waals surface area contributed by atoms with Crippen LogP contribution in [0.15, 0.2) is 47.2 Å². The number of anilines is 1. The molecule has 0 amide bonds. The number of pyridine rings is 1. The zero-order chi connectivity index (χ0) is 33.9. The number of nitrogens with two attached hydrogens (primary N) is 1. The average molecular weight is 673 g/mol. The Hall–Kier alpha value is -4.97. The number of hydrogen-bond donors (Lipinski definition) is 4. The minimum atomic E-state index is -5.08. The van der Waals surface area contributed by atoms with Crippen molar-refractivity contribution in [3.8, 4) is 17.7 Å². The molecule has 0 aliphatic carbocycles. The van der Waals surface area contributed by atoms with Gasteiger partial charge in [-0.1, -0.05) is 11.8 Å². The summed E-state index contributed by atoms with van der Waals surface area (Å²) < 4.78 is 96.8. The van der Waals surface area contributed by atoms with Gasteiger partial charge in [-0.3, -0.25) is 4.57 Å². The van der Waals surface area contributed by atoms with Gasteiger partial charge in [0.05, 0.1) is 23.7 Å². The number of alkyl halides is 6. The highest BCUT2D eigenvalue weighted by Gasteiger charge is 2.38. The number of halogens is 8. The molecule has 12 nitrogen and oxygen atoms in total. The van der Waals surface area contributed by atoms with E-state index in [1.54, 1.807) is 6.20 Å². The largest absolute Gasteiger partial charge is 0.490 e. The summed E-state index contributed by atoms with van der Waals surface area (Å²) in [6, 6.07) is 5.62. The van der Waals surface area contributed by atoms with Gasteiger partial charge in [-0.15, -0.1) is 11.3 Å². The zero-order valence-electron chi connectivity index (χ0n) is 22.2. The van der Waals surface area contributed by atoms with Gasteiger partial charge in [-0.05, 0) is 18.2 Å². The third-order valence-corrected chi connectivity index (χ3v) is 5.95. The van der Waals surface area contributed by atoms with Crippen molar-refractivity contribution in [3.05, 3.63) is 68.2 Å². The van der Waals surface area contributed by atoms with Crippen LogP contribution in [0.4, 0.5) is 40.8 Å². The zero-order valence-corrected chi connectivity index (χ0v) is 23.1. The Kier molecular flexibility index (Phi) is 12.6. The smallest absolute Gasteiger partial charge is 0.475 e. The highest BCUT2D eigenvalue weighted by atomic mass is 32.1. The lowest BCUT2D eigenvalue weighted by Crippen LogP contribution is -2.27. The fraction of sp³-hybridized carbons (Fsp3) is 0.292. The molecule has 0 radical (unpaired) electrons. The van der Waals surface area contributed by atoms with Crippen molar-refractivity contribution in [2.45, 2.75) is 25.4 Å². The number of carbonyl (C=O) groups is 2. The predicted octanol–water partition coefficient (Wildman–Crippen LogP) is 3.13. The second kappa shape index (κ2) is 15.7. The molecule has 0 fully saturated rings. The van der Waals surface area contributed by atoms with Gasteiger partial charge >= 0.3 is 30.0 Å². The van der Waals surface area contributed by atoms with Crippen LogP contribution in [-0.4, -0.2) is 73.5 Å². The molecule has 1 aliphatic rings. The van der Waals surface area contributed by atoms with E-state index >= 15 is 0 Å². The van der Waals surface area contributed by atoms with Crippen molar-refractivity contribution in [3.63, 3.8) is 0 Å². The number of carboxylic acids is 2. The SMILES string of the molecule is NCC(Cn1ncn(Cc2ccc(C#Cc3cnc4c(c3)NCCO4)s2)c1=O)=C(F)F.O=C(O)C(F)(F)F.O=C(O)C(F)(F)F. The van der Waals surface area contributed by atoms with Crippen LogP contribution in [0.2, 0.25) is 0 Å². The number of aliphatic carboxylic acids is 2. The molecular formula is C24H20F8N6O6S. The number of nitrogens with zero attached hydrogens (tertiary/aromatic N) is 4. The molecule has 21 heteroatoms. The van der Waals surface area contributed by atoms with E-state index in [0.717, 1.165) is 32.2 Å². The molecule has 0 aromatic carbocycles. The standard InChI is InChI=1S/C20H18F2N6O2S.2C2HF3O2/c21-18(22)14(8-23)10-28-20(29)27(12-26-28)11-16-4-3-15(31-16)2-1-13-7-17-19(25-9-13)30-6-5-24-17;2*3-2(4,5)1(6)7/h3-4,7,9,12,24H,5-6,8,10-11,23H2;2*(H,6,7). The minimum absolute atomic E-state index is 0.270. The number of ether oxygens (including phenoxy) is 1. The molecule has 244 valence electrons. The molecular weight excluding hydrogens is 652 g/mol. The molecule has 0 spiro atoms. The maximum absolute atomic E-state index is 12.8. The molecule has 3 aromatic rings. The molecule has 0 bridgehead atoms. The normalized spacial score (nSPS) is 11.9. The van der Waals surface area contributed by atoms with Crippen molar-refractivity contribution in [1.29, 1.82) is 0 Å². The number of hydrogen-bond acceptors (Lipinski definition) is 9. The fourth-order valence-corrected chi connectivity index (χ4v) is 3.76. The number of thiophene rings is 1. The second-order valence-electron chi connectivity index (χ2n) is 8.24. The Bertz CT molecular complexity index is 1620. The fourth-order valence-electron chi connectivity index (χ4n) is 2.90. The van der Waals surface area contributed by atoms with Gasteiger partial charge in [-0.25, -0.2) is 24.0 Å². The first kappa shape index (κ1) is 36.2. The van der Waals surface area contributed by atoms with Gasteiger partial charge < -0.3 is 26.0 Å². The van der Waals surface area contributed by atoms with E-state index in [0.29, 0.717) is 12.5 Å². The third-order valence-electron chi connectivity index (χ3n) is 4.96. The summed E-state index contributed by atoms with van der Waals surface area (Å²) in [7, 11) is 0. The molecule has 0 saturated heterocycles. The Balaban J connectivity index is 0.000000421. The van der Waals surface area contributed by atoms with Crippen molar-refractivity contribution >= 4 is 29.0 Å². The monoisotopic (exact) mass is 672 g/mol. The van der Waals surface area contributed by atoms with E-state index in [4.69, 9.17) is 30.3 Å². The lowest BCUT2D eigenvalue weighted by Gasteiger charge is -2.17. The molecule has 0 atom stereocenters. The van der Waals surface area contributed by atoms with Crippen molar-refractivity contribution < 1.29 is 59.7 Å². The summed E-state index contributed by atoms with van der Waals surface area (Å²) in [4.78, 5) is 36.1. The molecule has 3 aromatic heterocycles. The number of rotatable bonds is 5. The molecule has 1 aliphatic heterocycles. The summed E-state index contributed by atoms with van der Waals surface area (Å²) in [6.07, 6.45) is -9.07. The maximum Gasteiger partial charge on any atom is 0.490 e. The topological polar surface area (TPSA) is 175 Å². The average Bonchev–Trinajstić information content (AvgIpc) is 3.55. The van der Waals surface area contributed by atoms with E-state index in [9.17, 15) is 39.9 Å². The van der Waals surface area contributed by atoms with Crippen LogP contribution in [0.1, 0.15) is 15.3 Å². The lowest BCUT2D eigenvalue weighted by atomic mass is 10.2. The van der Waals surface area contributed by atoms with Crippen molar-refractivity contribution in [2.24, 2.45) is 5.73 Å². The van der Waals surface area contributed by atoms with Crippen LogP contribution in [0.25, 0.3) is 0 Å². The van der Waals surface area contributed by atoms with Crippen LogP contribution in [-0.2, 0) is 22.7 Å². The first-order valence-corrected chi connectivity index (χ1v) is 12.7. The van der Waals surface area contributed by atoms with Crippen molar-refractivity contribution in [1.82, 2.24) is 19.3 Å². The van der Waals surface area contributed by atoms with E-state index in [-0.39, 0.29) is 25.2 Å². The van der Waals surface area contributed by atoms with Crippen LogP contribution in [0.3, 0.4) is 0 Å². The first-order chi connectivity index (χ1) is 20.9. The van der Waals surface area contributed by atoms with Gasteiger partial charge in [-0.2, -0.15) is 40.2 Å². The number of fused-ring (bicyclic) bond motifs is 1. The number of aromatic nitrogens is 4. The van der Waals surface area contributed by atoms with Gasteiger partial charge in [0, 0.05) is 35.3 Å². The van der Waals surface area contributed by atoms with E-state index in [1.165, 1.54) is 22.2 Å². The molecule has 5 N–H and O–H groups in total. The van der Waals surface area contributed by atoms with Crippen molar-refractivity contribution in [2.75, 3.05) is 25.0 Å². The van der Waals surface area contributed by atoms with Crippen LogP contribution < -0.4 is 21.5 Å². The summed E-state index contributed by atoms with van der Waals surface area (Å²) in [5.41, 5.74) is 6.07. The maximum atomic E-state index is 12.8. The highest BCUT2D eigenvalue weighted by Crippen LogP contribution is 2.25. The first-order valence-electron chi connectivity index (χ1n) is 11.8. The Morgan fingerprint density at radius 3 is 2.27 bits per heavy atom. The lowest BCUT2D eigenvalue weighted by molar-refractivity contribution is -0.193. The molecule has 4 rings (SSSR count). The highest BCUT2D eigenvalue weighted by molar-refractivity contribution is 7.12. The van der Waals surface area contributed by atoms with Gasteiger partial charge in [0.1, 0.15) is 12.9 Å². The molecule has 0 saturated carbocycles. The predicted molar refractivity (Wildman–Crippen MR) is 140 cm³/mol.